The van der Waals surface area contributed by atoms with E-state index in [9.17, 15) is 4.39 Å². The van der Waals surface area contributed by atoms with E-state index in [1.165, 1.54) is 22.6 Å². The van der Waals surface area contributed by atoms with Crippen molar-refractivity contribution in [1.29, 1.82) is 0 Å². The number of hydrogen-bond acceptors (Lipinski definition) is 3. The molecule has 0 bridgehead atoms. The maximum atomic E-state index is 13.0. The Hall–Kier alpha value is -2.27. The molecule has 3 rings (SSSR count). The van der Waals surface area contributed by atoms with E-state index in [1.54, 1.807) is 30.1 Å². The van der Waals surface area contributed by atoms with Crippen molar-refractivity contribution in [3.8, 4) is 11.3 Å². The first-order valence-electron chi connectivity index (χ1n) is 7.32. The van der Waals surface area contributed by atoms with Gasteiger partial charge in [-0.25, -0.2) is 9.37 Å². The predicted octanol–water partition coefficient (Wildman–Crippen LogP) is 4.56. The largest absolute Gasteiger partial charge is 0.352 e. The lowest BCUT2D eigenvalue weighted by Crippen LogP contribution is -2.05. The number of benzene rings is 2. The standard InChI is InChI=1S/C18H18FN3S/c1-22-17(14-5-7-15(19)8-6-14)12-21-18(22)20-11-13-3-9-16(23-2)10-4-13/h3-10,12H,11H2,1-2H3,(H,20,21). The lowest BCUT2D eigenvalue weighted by molar-refractivity contribution is 0.628. The average Bonchev–Trinajstić information content (AvgIpc) is 2.95. The molecule has 1 N–H and O–H groups in total. The molecule has 0 saturated carbocycles. The van der Waals surface area contributed by atoms with E-state index in [2.05, 4.69) is 40.8 Å². The van der Waals surface area contributed by atoms with Gasteiger partial charge >= 0.3 is 0 Å². The predicted molar refractivity (Wildman–Crippen MR) is 94.2 cm³/mol. The maximum absolute atomic E-state index is 13.0. The minimum atomic E-state index is -0.233. The van der Waals surface area contributed by atoms with Crippen LogP contribution in [0, 0.1) is 5.82 Å². The molecule has 0 saturated heterocycles. The first kappa shape index (κ1) is 15.6. The van der Waals surface area contributed by atoms with Crippen LogP contribution in [0.2, 0.25) is 0 Å². The number of thioether (sulfide) groups is 1. The summed E-state index contributed by atoms with van der Waals surface area (Å²) in [4.78, 5) is 5.67. The quantitative estimate of drug-likeness (QED) is 0.697. The number of rotatable bonds is 5. The van der Waals surface area contributed by atoms with Gasteiger partial charge in [-0.3, -0.25) is 0 Å². The van der Waals surface area contributed by atoms with Crippen LogP contribution in [0.25, 0.3) is 11.3 Å². The molecule has 0 amide bonds. The second-order valence-corrected chi connectivity index (χ2v) is 6.11. The molecule has 0 fully saturated rings. The van der Waals surface area contributed by atoms with Gasteiger partial charge in [-0.15, -0.1) is 11.8 Å². The average molecular weight is 327 g/mol. The van der Waals surface area contributed by atoms with Crippen LogP contribution in [0.5, 0.6) is 0 Å². The molecule has 0 spiro atoms. The van der Waals surface area contributed by atoms with Crippen LogP contribution in [0.15, 0.2) is 59.6 Å². The van der Waals surface area contributed by atoms with Crippen LogP contribution < -0.4 is 5.32 Å². The van der Waals surface area contributed by atoms with Crippen molar-refractivity contribution in [2.45, 2.75) is 11.4 Å². The molecule has 1 heterocycles. The van der Waals surface area contributed by atoms with Crippen LogP contribution in [0.1, 0.15) is 5.56 Å². The van der Waals surface area contributed by atoms with Crippen molar-refractivity contribution in [3.05, 3.63) is 66.1 Å². The van der Waals surface area contributed by atoms with E-state index in [-0.39, 0.29) is 5.82 Å². The summed E-state index contributed by atoms with van der Waals surface area (Å²) in [5.74, 6) is 0.557. The highest BCUT2D eigenvalue weighted by Gasteiger charge is 2.08. The van der Waals surface area contributed by atoms with Crippen LogP contribution in [0.3, 0.4) is 0 Å². The second-order valence-electron chi connectivity index (χ2n) is 5.23. The zero-order chi connectivity index (χ0) is 16.2. The molecule has 1 aromatic heterocycles. The summed E-state index contributed by atoms with van der Waals surface area (Å²) in [6.45, 7) is 0.711. The molecule has 3 nitrogen and oxygen atoms in total. The third-order valence-corrected chi connectivity index (χ3v) is 4.48. The lowest BCUT2D eigenvalue weighted by Gasteiger charge is -2.09. The van der Waals surface area contributed by atoms with E-state index >= 15 is 0 Å². The van der Waals surface area contributed by atoms with E-state index in [4.69, 9.17) is 0 Å². The first-order chi connectivity index (χ1) is 11.2. The second kappa shape index (κ2) is 6.87. The number of nitrogens with zero attached hydrogens (tertiary/aromatic N) is 2. The van der Waals surface area contributed by atoms with Crippen molar-refractivity contribution in [3.63, 3.8) is 0 Å². The Morgan fingerprint density at radius 2 is 1.78 bits per heavy atom. The van der Waals surface area contributed by atoms with E-state index < -0.39 is 0 Å². The summed E-state index contributed by atoms with van der Waals surface area (Å²) in [6, 6.07) is 14.9. The number of aromatic nitrogens is 2. The number of hydrogen-bond donors (Lipinski definition) is 1. The summed E-state index contributed by atoms with van der Waals surface area (Å²) in [7, 11) is 1.95. The number of anilines is 1. The topological polar surface area (TPSA) is 29.9 Å². The van der Waals surface area contributed by atoms with Crippen molar-refractivity contribution >= 4 is 17.7 Å². The van der Waals surface area contributed by atoms with Gasteiger partial charge in [0.1, 0.15) is 5.82 Å². The molecule has 3 aromatic rings. The fourth-order valence-electron chi connectivity index (χ4n) is 2.39. The SMILES string of the molecule is CSc1ccc(CNc2ncc(-c3ccc(F)cc3)n2C)cc1. The maximum Gasteiger partial charge on any atom is 0.203 e. The van der Waals surface area contributed by atoms with Crippen molar-refractivity contribution in [2.75, 3.05) is 11.6 Å². The van der Waals surface area contributed by atoms with Crippen molar-refractivity contribution in [2.24, 2.45) is 7.05 Å². The van der Waals surface area contributed by atoms with Crippen LogP contribution in [-0.4, -0.2) is 15.8 Å². The van der Waals surface area contributed by atoms with Gasteiger partial charge in [-0.2, -0.15) is 0 Å². The summed E-state index contributed by atoms with van der Waals surface area (Å²) in [6.07, 6.45) is 3.87. The highest BCUT2D eigenvalue weighted by atomic mass is 32.2. The molecule has 0 atom stereocenters. The summed E-state index contributed by atoms with van der Waals surface area (Å²) >= 11 is 1.73. The monoisotopic (exact) mass is 327 g/mol. The summed E-state index contributed by atoms with van der Waals surface area (Å²) in [5, 5.41) is 3.34. The molecule has 0 unspecified atom stereocenters. The van der Waals surface area contributed by atoms with Gasteiger partial charge in [0.05, 0.1) is 11.9 Å². The fraction of sp³-hybridized carbons (Fsp3) is 0.167. The Kier molecular flexibility index (Phi) is 4.67. The number of halogens is 1. The van der Waals surface area contributed by atoms with E-state index in [0.717, 1.165) is 17.2 Å². The molecule has 0 aliphatic heterocycles. The zero-order valence-electron chi connectivity index (χ0n) is 13.1. The minimum absolute atomic E-state index is 0.233. The first-order valence-corrected chi connectivity index (χ1v) is 8.54. The Labute approximate surface area is 139 Å². The van der Waals surface area contributed by atoms with Crippen molar-refractivity contribution < 1.29 is 4.39 Å². The Morgan fingerprint density at radius 1 is 1.09 bits per heavy atom. The number of nitrogens with one attached hydrogen (secondary N) is 1. The molecular weight excluding hydrogens is 309 g/mol. The van der Waals surface area contributed by atoms with Crippen LogP contribution in [-0.2, 0) is 13.6 Å². The number of imidazole rings is 1. The summed E-state index contributed by atoms with van der Waals surface area (Å²) < 4.78 is 15.0. The van der Waals surface area contributed by atoms with Gasteiger partial charge in [0.2, 0.25) is 5.95 Å². The highest BCUT2D eigenvalue weighted by Crippen LogP contribution is 2.22. The fourth-order valence-corrected chi connectivity index (χ4v) is 2.80. The van der Waals surface area contributed by atoms with Crippen molar-refractivity contribution in [1.82, 2.24) is 9.55 Å². The lowest BCUT2D eigenvalue weighted by atomic mass is 10.2. The molecule has 0 aliphatic carbocycles. The molecule has 2 aromatic carbocycles. The van der Waals surface area contributed by atoms with Gasteiger partial charge in [0.25, 0.3) is 0 Å². The smallest absolute Gasteiger partial charge is 0.203 e. The normalized spacial score (nSPS) is 10.7. The Balaban J connectivity index is 1.72. The van der Waals surface area contributed by atoms with Gasteiger partial charge in [-0.05, 0) is 48.2 Å². The highest BCUT2D eigenvalue weighted by molar-refractivity contribution is 7.98. The third kappa shape index (κ3) is 3.56. The Bertz CT molecular complexity index is 779. The molecule has 23 heavy (non-hydrogen) atoms. The third-order valence-electron chi connectivity index (χ3n) is 3.74. The van der Waals surface area contributed by atoms with Gasteiger partial charge < -0.3 is 9.88 Å². The molecule has 0 aliphatic rings. The Morgan fingerprint density at radius 3 is 2.43 bits per heavy atom. The van der Waals surface area contributed by atoms with Crippen LogP contribution in [0.4, 0.5) is 10.3 Å². The molecular formula is C18H18FN3S. The zero-order valence-corrected chi connectivity index (χ0v) is 13.9. The van der Waals surface area contributed by atoms with E-state index in [0.29, 0.717) is 6.54 Å². The molecule has 0 radical (unpaired) electrons. The molecule has 118 valence electrons. The van der Waals surface area contributed by atoms with Gasteiger partial charge in [0, 0.05) is 24.1 Å². The van der Waals surface area contributed by atoms with Gasteiger partial charge in [-0.1, -0.05) is 12.1 Å². The molecule has 5 heteroatoms. The summed E-state index contributed by atoms with van der Waals surface area (Å²) in [5.41, 5.74) is 3.10. The van der Waals surface area contributed by atoms with E-state index in [1.807, 2.05) is 11.6 Å². The minimum Gasteiger partial charge on any atom is -0.352 e. The van der Waals surface area contributed by atoms with Gasteiger partial charge in [0.15, 0.2) is 0 Å². The van der Waals surface area contributed by atoms with Crippen LogP contribution >= 0.6 is 11.8 Å².